The lowest BCUT2D eigenvalue weighted by Crippen LogP contribution is -2.36. The number of rotatable bonds is 7. The minimum Gasteiger partial charge on any atom is -0.379 e. The lowest BCUT2D eigenvalue weighted by atomic mass is 10.1. The number of ether oxygens (including phenoxy) is 1. The molecule has 0 aliphatic carbocycles. The van der Waals surface area contributed by atoms with Gasteiger partial charge in [0, 0.05) is 44.8 Å². The Morgan fingerprint density at radius 3 is 2.30 bits per heavy atom. The Hall–Kier alpha value is -2.26. The van der Waals surface area contributed by atoms with E-state index in [0.717, 1.165) is 56.1 Å². The molecule has 0 spiro atoms. The summed E-state index contributed by atoms with van der Waals surface area (Å²) in [6.07, 6.45) is 1.38. The molecule has 1 amide bonds. The van der Waals surface area contributed by atoms with E-state index in [9.17, 15) is 13.2 Å². The van der Waals surface area contributed by atoms with E-state index in [4.69, 9.17) is 4.74 Å². The molecular formula is C22H27N3O4S. The third-order valence-corrected chi connectivity index (χ3v) is 7.02. The Balaban J connectivity index is 1.42. The van der Waals surface area contributed by atoms with Crippen LogP contribution < -0.4 is 9.62 Å². The van der Waals surface area contributed by atoms with Gasteiger partial charge in [-0.3, -0.25) is 9.69 Å². The molecule has 8 heteroatoms. The standard InChI is InChI=1S/C22H27N3O4S/c26-22-6-3-11-25(22)20-7-9-21(10-8-20)30(27,28)23-16-18-4-1-2-5-19(18)17-24-12-14-29-15-13-24/h1-2,4-5,7-10,23H,3,6,11-17H2. The summed E-state index contributed by atoms with van der Waals surface area (Å²) >= 11 is 0. The summed E-state index contributed by atoms with van der Waals surface area (Å²) in [6.45, 7) is 4.91. The SMILES string of the molecule is O=C1CCCN1c1ccc(S(=O)(=O)NCc2ccccc2CN2CCOCC2)cc1. The van der Waals surface area contributed by atoms with Crippen LogP contribution in [0, 0.1) is 0 Å². The lowest BCUT2D eigenvalue weighted by Gasteiger charge is -2.27. The van der Waals surface area contributed by atoms with E-state index in [1.165, 1.54) is 0 Å². The Labute approximate surface area is 177 Å². The average molecular weight is 430 g/mol. The number of nitrogens with zero attached hydrogens (tertiary/aromatic N) is 2. The van der Waals surface area contributed by atoms with Crippen LogP contribution in [0.25, 0.3) is 0 Å². The van der Waals surface area contributed by atoms with Crippen molar-refractivity contribution >= 4 is 21.6 Å². The number of morpholine rings is 1. The van der Waals surface area contributed by atoms with Crippen molar-refractivity contribution in [1.29, 1.82) is 0 Å². The second kappa shape index (κ2) is 9.26. The normalized spacial score (nSPS) is 18.1. The smallest absolute Gasteiger partial charge is 0.240 e. The van der Waals surface area contributed by atoms with E-state index in [1.54, 1.807) is 29.2 Å². The monoisotopic (exact) mass is 429 g/mol. The summed E-state index contributed by atoms with van der Waals surface area (Å²) in [5.41, 5.74) is 2.82. The number of carbonyl (C=O) groups excluding carboxylic acids is 1. The molecule has 0 aromatic heterocycles. The first-order valence-electron chi connectivity index (χ1n) is 10.3. The number of anilines is 1. The maximum atomic E-state index is 12.8. The maximum absolute atomic E-state index is 12.8. The second-order valence-electron chi connectivity index (χ2n) is 7.62. The number of hydrogen-bond acceptors (Lipinski definition) is 5. The van der Waals surface area contributed by atoms with Crippen LogP contribution in [0.1, 0.15) is 24.0 Å². The van der Waals surface area contributed by atoms with E-state index >= 15 is 0 Å². The molecule has 2 heterocycles. The van der Waals surface area contributed by atoms with Crippen molar-refractivity contribution in [2.45, 2.75) is 30.8 Å². The van der Waals surface area contributed by atoms with Crippen molar-refractivity contribution in [1.82, 2.24) is 9.62 Å². The zero-order chi connectivity index (χ0) is 21.0. The van der Waals surface area contributed by atoms with Crippen molar-refractivity contribution in [2.24, 2.45) is 0 Å². The van der Waals surface area contributed by atoms with Gasteiger partial charge in [0.05, 0.1) is 18.1 Å². The first-order valence-corrected chi connectivity index (χ1v) is 11.8. The molecule has 0 unspecified atom stereocenters. The van der Waals surface area contributed by atoms with Crippen LogP contribution >= 0.6 is 0 Å². The van der Waals surface area contributed by atoms with Crippen LogP contribution in [-0.4, -0.2) is 52.1 Å². The van der Waals surface area contributed by atoms with Crippen molar-refractivity contribution in [2.75, 3.05) is 37.7 Å². The topological polar surface area (TPSA) is 79.0 Å². The molecule has 4 rings (SSSR count). The van der Waals surface area contributed by atoms with Crippen molar-refractivity contribution in [3.8, 4) is 0 Å². The molecule has 0 atom stereocenters. The largest absolute Gasteiger partial charge is 0.379 e. The van der Waals surface area contributed by atoms with Crippen molar-refractivity contribution < 1.29 is 17.9 Å². The molecule has 2 fully saturated rings. The van der Waals surface area contributed by atoms with E-state index in [2.05, 4.69) is 9.62 Å². The molecule has 1 N–H and O–H groups in total. The number of amides is 1. The van der Waals surface area contributed by atoms with Gasteiger partial charge in [0.1, 0.15) is 0 Å². The molecule has 0 radical (unpaired) electrons. The number of nitrogens with one attached hydrogen (secondary N) is 1. The van der Waals surface area contributed by atoms with Crippen LogP contribution in [0.3, 0.4) is 0 Å². The summed E-state index contributed by atoms with van der Waals surface area (Å²) < 4.78 is 33.7. The summed E-state index contributed by atoms with van der Waals surface area (Å²) in [7, 11) is -3.65. The Morgan fingerprint density at radius 2 is 1.63 bits per heavy atom. The van der Waals surface area contributed by atoms with Crippen LogP contribution in [0.4, 0.5) is 5.69 Å². The Kier molecular flexibility index (Phi) is 6.48. The number of benzene rings is 2. The van der Waals surface area contributed by atoms with E-state index in [0.29, 0.717) is 13.0 Å². The average Bonchev–Trinajstić information content (AvgIpc) is 3.20. The molecule has 7 nitrogen and oxygen atoms in total. The first-order chi connectivity index (χ1) is 14.5. The van der Waals surface area contributed by atoms with E-state index in [1.807, 2.05) is 24.3 Å². The van der Waals surface area contributed by atoms with Crippen LogP contribution in [-0.2, 0) is 32.6 Å². The molecular weight excluding hydrogens is 402 g/mol. The van der Waals surface area contributed by atoms with Gasteiger partial charge in [-0.05, 0) is 41.8 Å². The van der Waals surface area contributed by atoms with Gasteiger partial charge >= 0.3 is 0 Å². The third-order valence-electron chi connectivity index (χ3n) is 5.60. The van der Waals surface area contributed by atoms with E-state index in [-0.39, 0.29) is 17.3 Å². The van der Waals surface area contributed by atoms with Gasteiger partial charge in [0.15, 0.2) is 0 Å². The Morgan fingerprint density at radius 1 is 0.933 bits per heavy atom. The third kappa shape index (κ3) is 4.89. The summed E-state index contributed by atoms with van der Waals surface area (Å²) in [4.78, 5) is 16.1. The molecule has 2 aliphatic rings. The highest BCUT2D eigenvalue weighted by Gasteiger charge is 2.22. The molecule has 30 heavy (non-hydrogen) atoms. The zero-order valence-corrected chi connectivity index (χ0v) is 17.7. The van der Waals surface area contributed by atoms with Gasteiger partial charge in [0.25, 0.3) is 0 Å². The fourth-order valence-electron chi connectivity index (χ4n) is 3.87. The van der Waals surface area contributed by atoms with Gasteiger partial charge in [-0.15, -0.1) is 0 Å². The molecule has 160 valence electrons. The highest BCUT2D eigenvalue weighted by atomic mass is 32.2. The van der Waals surface area contributed by atoms with Crippen LogP contribution in [0.15, 0.2) is 53.4 Å². The summed E-state index contributed by atoms with van der Waals surface area (Å²) in [5, 5.41) is 0. The number of carbonyl (C=O) groups is 1. The summed E-state index contributed by atoms with van der Waals surface area (Å²) in [5.74, 6) is 0.0839. The van der Waals surface area contributed by atoms with Gasteiger partial charge in [-0.2, -0.15) is 0 Å². The molecule has 2 saturated heterocycles. The predicted octanol–water partition coefficient (Wildman–Crippen LogP) is 2.12. The molecule has 2 aromatic carbocycles. The second-order valence-corrected chi connectivity index (χ2v) is 9.39. The fraction of sp³-hybridized carbons (Fsp3) is 0.409. The Bertz CT molecular complexity index is 986. The van der Waals surface area contributed by atoms with Crippen molar-refractivity contribution in [3.05, 3.63) is 59.7 Å². The first kappa shape index (κ1) is 21.0. The molecule has 0 bridgehead atoms. The lowest BCUT2D eigenvalue weighted by molar-refractivity contribution is -0.117. The minimum absolute atomic E-state index is 0.0839. The predicted molar refractivity (Wildman–Crippen MR) is 115 cm³/mol. The van der Waals surface area contributed by atoms with Gasteiger partial charge in [-0.1, -0.05) is 24.3 Å². The number of hydrogen-bond donors (Lipinski definition) is 1. The van der Waals surface area contributed by atoms with Gasteiger partial charge in [-0.25, -0.2) is 13.1 Å². The van der Waals surface area contributed by atoms with Crippen LogP contribution in [0.2, 0.25) is 0 Å². The quantitative estimate of drug-likeness (QED) is 0.730. The van der Waals surface area contributed by atoms with Gasteiger partial charge in [0.2, 0.25) is 15.9 Å². The van der Waals surface area contributed by atoms with E-state index < -0.39 is 10.0 Å². The summed E-state index contributed by atoms with van der Waals surface area (Å²) in [6, 6.07) is 14.4. The van der Waals surface area contributed by atoms with Gasteiger partial charge < -0.3 is 9.64 Å². The minimum atomic E-state index is -3.65. The van der Waals surface area contributed by atoms with Crippen LogP contribution in [0.5, 0.6) is 0 Å². The van der Waals surface area contributed by atoms with Crippen molar-refractivity contribution in [3.63, 3.8) is 0 Å². The highest BCUT2D eigenvalue weighted by molar-refractivity contribution is 7.89. The zero-order valence-electron chi connectivity index (χ0n) is 16.9. The molecule has 2 aromatic rings. The maximum Gasteiger partial charge on any atom is 0.240 e. The molecule has 0 saturated carbocycles. The fourth-order valence-corrected chi connectivity index (χ4v) is 4.87. The number of sulfonamides is 1. The highest BCUT2D eigenvalue weighted by Crippen LogP contribution is 2.23. The molecule has 2 aliphatic heterocycles.